The number of hydrogen-bond acceptors (Lipinski definition) is 4. The van der Waals surface area contributed by atoms with Crippen LogP contribution in [0.3, 0.4) is 0 Å². The Balaban J connectivity index is 2.17. The summed E-state index contributed by atoms with van der Waals surface area (Å²) in [5.74, 6) is -0.203. The maximum Gasteiger partial charge on any atom is 0.327 e. The van der Waals surface area contributed by atoms with Crippen LogP contribution < -0.4 is 5.32 Å². The van der Waals surface area contributed by atoms with Crippen LogP contribution >= 0.6 is 0 Å². The molecule has 1 atom stereocenters. The maximum absolute atomic E-state index is 12.2. The minimum absolute atomic E-state index is 0.203. The minimum Gasteiger partial charge on any atom is -0.465 e. The Labute approximate surface area is 114 Å². The molecule has 1 aromatic heterocycles. The lowest BCUT2D eigenvalue weighted by molar-refractivity contribution is -0.146. The quantitative estimate of drug-likeness (QED) is 0.826. The van der Waals surface area contributed by atoms with Gasteiger partial charge >= 0.3 is 5.97 Å². The van der Waals surface area contributed by atoms with E-state index < -0.39 is 6.04 Å². The summed E-state index contributed by atoms with van der Waals surface area (Å²) in [7, 11) is 1.89. The van der Waals surface area contributed by atoms with E-state index in [1.807, 2.05) is 20.9 Å². The summed E-state index contributed by atoms with van der Waals surface area (Å²) in [5.41, 5.74) is 1.93. The van der Waals surface area contributed by atoms with Gasteiger partial charge in [-0.05, 0) is 26.7 Å². The summed E-state index contributed by atoms with van der Waals surface area (Å²) < 4.78 is 6.98. The highest BCUT2D eigenvalue weighted by atomic mass is 16.5. The molecular weight excluding hydrogens is 242 g/mol. The molecule has 5 heteroatoms. The van der Waals surface area contributed by atoms with E-state index in [4.69, 9.17) is 4.74 Å². The molecule has 1 aromatic rings. The van der Waals surface area contributed by atoms with Crippen LogP contribution in [-0.4, -0.2) is 28.4 Å². The Hall–Kier alpha value is -1.36. The molecule has 1 fully saturated rings. The van der Waals surface area contributed by atoms with Gasteiger partial charge in [-0.2, -0.15) is 5.10 Å². The zero-order chi connectivity index (χ0) is 13.8. The minimum atomic E-state index is -0.392. The van der Waals surface area contributed by atoms with Gasteiger partial charge in [0.2, 0.25) is 0 Å². The number of nitrogens with one attached hydrogen (secondary N) is 1. The predicted octanol–water partition coefficient (Wildman–Crippen LogP) is 1.86. The molecule has 1 aliphatic carbocycles. The zero-order valence-electron chi connectivity index (χ0n) is 12.0. The van der Waals surface area contributed by atoms with Gasteiger partial charge < -0.3 is 4.74 Å². The highest BCUT2D eigenvalue weighted by molar-refractivity contribution is 5.78. The number of hydrogen-bond donors (Lipinski definition) is 1. The van der Waals surface area contributed by atoms with Gasteiger partial charge in [0.25, 0.3) is 0 Å². The lowest BCUT2D eigenvalue weighted by atomic mass is 10.1. The number of carbonyl (C=O) groups excluding carboxylic acids is 1. The van der Waals surface area contributed by atoms with E-state index >= 15 is 0 Å². The molecule has 0 bridgehead atoms. The van der Waals surface area contributed by atoms with E-state index in [0.717, 1.165) is 24.1 Å². The van der Waals surface area contributed by atoms with Crippen LogP contribution in [0.2, 0.25) is 0 Å². The molecule has 0 aliphatic heterocycles. The van der Waals surface area contributed by atoms with E-state index in [-0.39, 0.29) is 5.97 Å². The summed E-state index contributed by atoms with van der Waals surface area (Å²) in [4.78, 5) is 12.2. The van der Waals surface area contributed by atoms with Crippen molar-refractivity contribution in [1.29, 1.82) is 0 Å². The fourth-order valence-corrected chi connectivity index (χ4v) is 2.64. The second-order valence-electron chi connectivity index (χ2n) is 5.14. The van der Waals surface area contributed by atoms with Crippen molar-refractivity contribution in [2.45, 2.75) is 51.6 Å². The van der Waals surface area contributed by atoms with Crippen LogP contribution in [0, 0.1) is 6.92 Å². The number of carbonyl (C=O) groups is 1. The van der Waals surface area contributed by atoms with E-state index in [2.05, 4.69) is 10.4 Å². The second kappa shape index (κ2) is 6.19. The molecule has 0 aromatic carbocycles. The molecule has 1 heterocycles. The van der Waals surface area contributed by atoms with Crippen LogP contribution in [0.5, 0.6) is 0 Å². The van der Waals surface area contributed by atoms with Gasteiger partial charge in [-0.15, -0.1) is 0 Å². The van der Waals surface area contributed by atoms with Crippen molar-refractivity contribution in [3.05, 3.63) is 17.5 Å². The molecule has 2 rings (SSSR count). The highest BCUT2D eigenvalue weighted by Crippen LogP contribution is 2.24. The van der Waals surface area contributed by atoms with Crippen LogP contribution in [0.4, 0.5) is 0 Å². The van der Waals surface area contributed by atoms with Gasteiger partial charge in [-0.1, -0.05) is 12.8 Å². The first-order chi connectivity index (χ1) is 9.13. The molecule has 106 valence electrons. The summed E-state index contributed by atoms with van der Waals surface area (Å²) in [5, 5.41) is 7.67. The van der Waals surface area contributed by atoms with Crippen molar-refractivity contribution in [3.63, 3.8) is 0 Å². The first kappa shape index (κ1) is 14.1. The second-order valence-corrected chi connectivity index (χ2v) is 5.14. The van der Waals surface area contributed by atoms with Crippen LogP contribution in [0.25, 0.3) is 0 Å². The Bertz CT molecular complexity index is 436. The molecule has 0 spiro atoms. The standard InChI is InChI=1S/C14H23N3O2/c1-4-19-14(18)13(16-11-7-5-6-8-11)12-9-15-17(3)10(12)2/h9,11,13,16H,4-8H2,1-3H3. The zero-order valence-corrected chi connectivity index (χ0v) is 12.0. The Morgan fingerprint density at radius 1 is 1.58 bits per heavy atom. The summed E-state index contributed by atoms with van der Waals surface area (Å²) in [6.07, 6.45) is 6.50. The van der Waals surface area contributed by atoms with Crippen molar-refractivity contribution in [1.82, 2.24) is 15.1 Å². The lowest BCUT2D eigenvalue weighted by Gasteiger charge is -2.21. The van der Waals surface area contributed by atoms with Crippen molar-refractivity contribution in [2.75, 3.05) is 6.61 Å². The number of aryl methyl sites for hydroxylation is 1. The average Bonchev–Trinajstić information content (AvgIpc) is 2.99. The monoisotopic (exact) mass is 265 g/mol. The SMILES string of the molecule is CCOC(=O)C(NC1CCCC1)c1cnn(C)c1C. The third kappa shape index (κ3) is 3.15. The molecule has 1 aliphatic rings. The lowest BCUT2D eigenvalue weighted by Crippen LogP contribution is -2.36. The molecule has 0 saturated heterocycles. The molecule has 1 saturated carbocycles. The van der Waals surface area contributed by atoms with Crippen molar-refractivity contribution < 1.29 is 9.53 Å². The Morgan fingerprint density at radius 2 is 2.26 bits per heavy atom. The van der Waals surface area contributed by atoms with Crippen molar-refractivity contribution in [3.8, 4) is 0 Å². The van der Waals surface area contributed by atoms with Gasteiger partial charge in [0, 0.05) is 24.3 Å². The van der Waals surface area contributed by atoms with Gasteiger partial charge in [0.05, 0.1) is 12.8 Å². The summed E-state index contributed by atoms with van der Waals surface area (Å²) in [6.45, 7) is 4.21. The third-order valence-corrected chi connectivity index (χ3v) is 3.86. The van der Waals surface area contributed by atoms with E-state index in [0.29, 0.717) is 12.6 Å². The van der Waals surface area contributed by atoms with E-state index in [9.17, 15) is 4.79 Å². The van der Waals surface area contributed by atoms with Crippen LogP contribution in [0.15, 0.2) is 6.20 Å². The Kier molecular flexibility index (Phi) is 4.58. The van der Waals surface area contributed by atoms with Gasteiger partial charge in [0.1, 0.15) is 6.04 Å². The number of rotatable bonds is 5. The molecule has 0 radical (unpaired) electrons. The molecule has 1 unspecified atom stereocenters. The molecule has 0 amide bonds. The highest BCUT2D eigenvalue weighted by Gasteiger charge is 2.29. The van der Waals surface area contributed by atoms with Crippen molar-refractivity contribution >= 4 is 5.97 Å². The Morgan fingerprint density at radius 3 is 2.79 bits per heavy atom. The molecule has 1 N–H and O–H groups in total. The van der Waals surface area contributed by atoms with E-state index in [1.54, 1.807) is 10.9 Å². The molecular formula is C14H23N3O2. The summed E-state index contributed by atoms with van der Waals surface area (Å²) in [6, 6.07) is 0.0192. The van der Waals surface area contributed by atoms with Crippen LogP contribution in [-0.2, 0) is 16.6 Å². The number of esters is 1. The number of nitrogens with zero attached hydrogens (tertiary/aromatic N) is 2. The van der Waals surface area contributed by atoms with E-state index in [1.165, 1.54) is 12.8 Å². The molecule has 5 nitrogen and oxygen atoms in total. The first-order valence-corrected chi connectivity index (χ1v) is 7.04. The average molecular weight is 265 g/mol. The first-order valence-electron chi connectivity index (χ1n) is 7.04. The summed E-state index contributed by atoms with van der Waals surface area (Å²) >= 11 is 0. The topological polar surface area (TPSA) is 56.1 Å². The fourth-order valence-electron chi connectivity index (χ4n) is 2.64. The maximum atomic E-state index is 12.2. The number of ether oxygens (including phenoxy) is 1. The normalized spacial score (nSPS) is 17.6. The largest absolute Gasteiger partial charge is 0.465 e. The van der Waals surface area contributed by atoms with Gasteiger partial charge in [-0.3, -0.25) is 10.00 Å². The predicted molar refractivity (Wildman–Crippen MR) is 72.7 cm³/mol. The fraction of sp³-hybridized carbons (Fsp3) is 0.714. The van der Waals surface area contributed by atoms with Crippen molar-refractivity contribution in [2.24, 2.45) is 7.05 Å². The molecule has 19 heavy (non-hydrogen) atoms. The van der Waals surface area contributed by atoms with Gasteiger partial charge in [-0.25, -0.2) is 4.79 Å². The third-order valence-electron chi connectivity index (χ3n) is 3.86. The van der Waals surface area contributed by atoms with Crippen LogP contribution in [0.1, 0.15) is 49.9 Å². The van der Waals surface area contributed by atoms with Gasteiger partial charge in [0.15, 0.2) is 0 Å². The number of aromatic nitrogens is 2. The smallest absolute Gasteiger partial charge is 0.327 e.